The highest BCUT2D eigenvalue weighted by atomic mass is 35.5. The lowest BCUT2D eigenvalue weighted by Gasteiger charge is -2.31. The van der Waals surface area contributed by atoms with Gasteiger partial charge in [-0.25, -0.2) is 9.97 Å². The third-order valence-corrected chi connectivity index (χ3v) is 8.81. The number of halogens is 1. The molecule has 5 aromatic rings. The van der Waals surface area contributed by atoms with Gasteiger partial charge in [0.2, 0.25) is 5.91 Å². The van der Waals surface area contributed by atoms with Crippen LogP contribution < -0.4 is 0 Å². The predicted octanol–water partition coefficient (Wildman–Crippen LogP) is 7.65. The Hall–Kier alpha value is -3.48. The largest absolute Gasteiger partial charge is 0.343 e. The Morgan fingerprint density at radius 1 is 0.974 bits per heavy atom. The molecule has 5 nitrogen and oxygen atoms in total. The SMILES string of the molecule is Cc1ccc(-c2sc(C3CCN(C(=O)CCc4nc5ccccc5[nH]4)CC3)nc2-c2ccc(Cl)cc2)cc1. The normalized spacial score (nSPS) is 14.3. The molecule has 7 heteroatoms. The molecule has 6 rings (SSSR count). The van der Waals surface area contributed by atoms with Crippen molar-refractivity contribution >= 4 is 39.9 Å². The van der Waals surface area contributed by atoms with Crippen LogP contribution >= 0.6 is 22.9 Å². The van der Waals surface area contributed by atoms with Crippen molar-refractivity contribution in [3.63, 3.8) is 0 Å². The van der Waals surface area contributed by atoms with Gasteiger partial charge >= 0.3 is 0 Å². The van der Waals surface area contributed by atoms with Crippen LogP contribution in [0.15, 0.2) is 72.8 Å². The van der Waals surface area contributed by atoms with Gasteiger partial charge in [0.05, 0.1) is 26.6 Å². The predicted molar refractivity (Wildman–Crippen MR) is 156 cm³/mol. The van der Waals surface area contributed by atoms with Crippen LogP contribution in [0.25, 0.3) is 32.7 Å². The molecule has 1 aliphatic heterocycles. The van der Waals surface area contributed by atoms with Crippen molar-refractivity contribution < 1.29 is 4.79 Å². The van der Waals surface area contributed by atoms with Crippen LogP contribution in [0.2, 0.25) is 5.02 Å². The summed E-state index contributed by atoms with van der Waals surface area (Å²) in [6, 6.07) is 24.6. The molecule has 38 heavy (non-hydrogen) atoms. The number of aromatic nitrogens is 3. The van der Waals surface area contributed by atoms with Gasteiger partial charge in [0.15, 0.2) is 0 Å². The number of carbonyl (C=O) groups excluding carboxylic acids is 1. The summed E-state index contributed by atoms with van der Waals surface area (Å²) in [5.74, 6) is 1.42. The number of aromatic amines is 1. The van der Waals surface area contributed by atoms with Crippen LogP contribution in [-0.2, 0) is 11.2 Å². The van der Waals surface area contributed by atoms with Crippen molar-refractivity contribution in [1.82, 2.24) is 19.9 Å². The Balaban J connectivity index is 1.14. The number of para-hydroxylation sites is 2. The molecule has 0 bridgehead atoms. The van der Waals surface area contributed by atoms with Crippen LogP contribution in [0.5, 0.6) is 0 Å². The number of rotatable bonds is 6. The van der Waals surface area contributed by atoms with Crippen molar-refractivity contribution in [1.29, 1.82) is 0 Å². The van der Waals surface area contributed by atoms with Crippen molar-refractivity contribution in [3.05, 3.63) is 94.2 Å². The van der Waals surface area contributed by atoms with E-state index in [1.54, 1.807) is 11.3 Å². The summed E-state index contributed by atoms with van der Waals surface area (Å²) in [6.07, 6.45) is 2.96. The summed E-state index contributed by atoms with van der Waals surface area (Å²) in [5, 5.41) is 1.87. The van der Waals surface area contributed by atoms with Crippen LogP contribution in [-0.4, -0.2) is 38.8 Å². The highest BCUT2D eigenvalue weighted by molar-refractivity contribution is 7.15. The third kappa shape index (κ3) is 5.24. The zero-order chi connectivity index (χ0) is 26.1. The molecule has 0 unspecified atom stereocenters. The first-order valence-electron chi connectivity index (χ1n) is 13.1. The molecule has 0 aliphatic carbocycles. The number of carbonyl (C=O) groups is 1. The number of H-pyrrole nitrogens is 1. The Bertz CT molecular complexity index is 1470. The number of nitrogens with one attached hydrogen (secondary N) is 1. The Morgan fingerprint density at radius 3 is 2.42 bits per heavy atom. The lowest BCUT2D eigenvalue weighted by atomic mass is 9.97. The lowest BCUT2D eigenvalue weighted by molar-refractivity contribution is -0.132. The van der Waals surface area contributed by atoms with Gasteiger partial charge in [-0.15, -0.1) is 11.3 Å². The molecule has 1 fully saturated rings. The maximum atomic E-state index is 13.0. The van der Waals surface area contributed by atoms with E-state index >= 15 is 0 Å². The van der Waals surface area contributed by atoms with E-state index in [0.29, 0.717) is 18.8 Å². The number of hydrogen-bond acceptors (Lipinski definition) is 4. The monoisotopic (exact) mass is 540 g/mol. The number of imidazole rings is 1. The number of amides is 1. The summed E-state index contributed by atoms with van der Waals surface area (Å²) in [5.41, 5.74) is 6.47. The van der Waals surface area contributed by atoms with Crippen LogP contribution in [0, 0.1) is 6.92 Å². The van der Waals surface area contributed by atoms with Gasteiger partial charge < -0.3 is 9.88 Å². The number of nitrogens with zero attached hydrogens (tertiary/aromatic N) is 3. The first-order chi connectivity index (χ1) is 18.5. The number of hydrogen-bond donors (Lipinski definition) is 1. The van der Waals surface area contributed by atoms with Crippen LogP contribution in [0.4, 0.5) is 0 Å². The van der Waals surface area contributed by atoms with Crippen molar-refractivity contribution in [2.24, 2.45) is 0 Å². The molecule has 1 aliphatic rings. The molecule has 1 saturated heterocycles. The smallest absolute Gasteiger partial charge is 0.223 e. The number of fused-ring (bicyclic) bond motifs is 1. The highest BCUT2D eigenvalue weighted by Gasteiger charge is 2.27. The van der Waals surface area contributed by atoms with E-state index in [0.717, 1.165) is 64.1 Å². The second-order valence-corrected chi connectivity index (χ2v) is 11.4. The third-order valence-electron chi connectivity index (χ3n) is 7.29. The molecule has 0 atom stereocenters. The second-order valence-electron chi connectivity index (χ2n) is 9.96. The minimum absolute atomic E-state index is 0.199. The molecule has 3 heterocycles. The molecule has 2 aromatic heterocycles. The standard InChI is InChI=1S/C31H29ClN4OS/c1-20-6-8-22(9-7-20)30-29(21-10-12-24(32)13-11-21)35-31(38-30)23-16-18-36(19-17-23)28(37)15-14-27-33-25-4-2-3-5-26(25)34-27/h2-13,23H,14-19H2,1H3,(H,33,34). The number of piperidine rings is 1. The maximum absolute atomic E-state index is 13.0. The number of likely N-dealkylation sites (tertiary alicyclic amines) is 1. The summed E-state index contributed by atoms with van der Waals surface area (Å²) < 4.78 is 0. The van der Waals surface area contributed by atoms with Gasteiger partial charge in [-0.05, 0) is 49.6 Å². The van der Waals surface area contributed by atoms with Gasteiger partial charge in [0, 0.05) is 42.4 Å². The molecule has 192 valence electrons. The fourth-order valence-electron chi connectivity index (χ4n) is 5.10. The highest BCUT2D eigenvalue weighted by Crippen LogP contribution is 2.42. The van der Waals surface area contributed by atoms with E-state index in [-0.39, 0.29) is 5.91 Å². The maximum Gasteiger partial charge on any atom is 0.223 e. The zero-order valence-electron chi connectivity index (χ0n) is 21.3. The molecule has 1 amide bonds. The fraction of sp³-hybridized carbons (Fsp3) is 0.258. The molecule has 0 saturated carbocycles. The van der Waals surface area contributed by atoms with Gasteiger partial charge in [-0.1, -0.05) is 65.7 Å². The number of benzene rings is 3. The summed E-state index contributed by atoms with van der Waals surface area (Å²) >= 11 is 7.94. The van der Waals surface area contributed by atoms with Crippen molar-refractivity contribution in [2.75, 3.05) is 13.1 Å². The zero-order valence-corrected chi connectivity index (χ0v) is 22.9. The van der Waals surface area contributed by atoms with Gasteiger partial charge in [-0.2, -0.15) is 0 Å². The second kappa shape index (κ2) is 10.7. The number of aryl methyl sites for hydroxylation is 2. The fourth-order valence-corrected chi connectivity index (χ4v) is 6.49. The van der Waals surface area contributed by atoms with Crippen molar-refractivity contribution in [3.8, 4) is 21.7 Å². The molecule has 1 N–H and O–H groups in total. The molecule has 0 radical (unpaired) electrons. The molecular weight excluding hydrogens is 512 g/mol. The first-order valence-corrected chi connectivity index (χ1v) is 14.3. The molecule has 3 aromatic carbocycles. The van der Waals surface area contributed by atoms with Crippen molar-refractivity contribution in [2.45, 2.75) is 38.5 Å². The lowest BCUT2D eigenvalue weighted by Crippen LogP contribution is -2.38. The Kier molecular flexibility index (Phi) is 7.00. The van der Waals surface area contributed by atoms with E-state index in [2.05, 4.69) is 41.2 Å². The average molecular weight is 541 g/mol. The van der Waals surface area contributed by atoms with E-state index in [1.165, 1.54) is 16.0 Å². The van der Waals surface area contributed by atoms with Gasteiger partial charge in [0.25, 0.3) is 0 Å². The Labute approximate surface area is 231 Å². The van der Waals surface area contributed by atoms with E-state index < -0.39 is 0 Å². The first kappa shape index (κ1) is 24.8. The Morgan fingerprint density at radius 2 is 1.68 bits per heavy atom. The quantitative estimate of drug-likeness (QED) is 0.240. The van der Waals surface area contributed by atoms with E-state index in [9.17, 15) is 4.79 Å². The topological polar surface area (TPSA) is 61.9 Å². The summed E-state index contributed by atoms with van der Waals surface area (Å²) in [4.78, 5) is 29.3. The summed E-state index contributed by atoms with van der Waals surface area (Å²) in [6.45, 7) is 3.63. The van der Waals surface area contributed by atoms with Gasteiger partial charge in [-0.3, -0.25) is 4.79 Å². The minimum Gasteiger partial charge on any atom is -0.343 e. The van der Waals surface area contributed by atoms with E-state index in [1.807, 2.05) is 53.4 Å². The average Bonchev–Trinajstić information content (AvgIpc) is 3.57. The molecule has 0 spiro atoms. The minimum atomic E-state index is 0.199. The van der Waals surface area contributed by atoms with Gasteiger partial charge in [0.1, 0.15) is 5.82 Å². The number of thiazole rings is 1. The van der Waals surface area contributed by atoms with E-state index in [4.69, 9.17) is 16.6 Å². The van der Waals surface area contributed by atoms with Crippen LogP contribution in [0.1, 0.15) is 41.6 Å². The summed E-state index contributed by atoms with van der Waals surface area (Å²) in [7, 11) is 0. The molecular formula is C31H29ClN4OS. The van der Waals surface area contributed by atoms with Crippen LogP contribution in [0.3, 0.4) is 0 Å².